The van der Waals surface area contributed by atoms with Gasteiger partial charge in [-0.25, -0.2) is 9.59 Å². The highest BCUT2D eigenvalue weighted by Gasteiger charge is 2.37. The first-order chi connectivity index (χ1) is 10.7. The Kier molecular flexibility index (Phi) is 3.86. The molecule has 0 heterocycles. The molecule has 0 aromatic heterocycles. The topological polar surface area (TPSA) is 184 Å². The number of hydrogen-bond donors (Lipinski definition) is 6. The van der Waals surface area contributed by atoms with Crippen molar-refractivity contribution >= 4 is 29.0 Å². The molecule has 9 nitrogen and oxygen atoms in total. The van der Waals surface area contributed by atoms with Gasteiger partial charge in [-0.05, 0) is 24.3 Å². The maximum absolute atomic E-state index is 11.4. The van der Waals surface area contributed by atoms with Crippen LogP contribution >= 0.6 is 0 Å². The van der Waals surface area contributed by atoms with Crippen LogP contribution in [0.2, 0.25) is 0 Å². The van der Waals surface area contributed by atoms with Crippen molar-refractivity contribution in [2.24, 2.45) is 5.73 Å². The van der Waals surface area contributed by atoms with Gasteiger partial charge in [0.05, 0.1) is 5.70 Å². The van der Waals surface area contributed by atoms with Gasteiger partial charge < -0.3 is 26.4 Å². The second kappa shape index (κ2) is 5.64. The van der Waals surface area contributed by atoms with E-state index in [1.165, 1.54) is 24.3 Å². The second-order valence-electron chi connectivity index (χ2n) is 4.52. The van der Waals surface area contributed by atoms with Crippen LogP contribution in [0.3, 0.4) is 0 Å². The molecule has 118 valence electrons. The summed E-state index contributed by atoms with van der Waals surface area (Å²) < 4.78 is 5.32. The van der Waals surface area contributed by atoms with Crippen LogP contribution in [0.5, 0.6) is 5.75 Å². The Hall–Kier alpha value is -3.62. The number of nitrogens with one attached hydrogen (secondary N) is 2. The Balaban J connectivity index is 2.65. The zero-order valence-electron chi connectivity index (χ0n) is 11.6. The quantitative estimate of drug-likeness (QED) is 0.341. The van der Waals surface area contributed by atoms with E-state index in [9.17, 15) is 19.8 Å². The molecule has 1 aliphatic rings. The van der Waals surface area contributed by atoms with Crippen molar-refractivity contribution in [2.75, 3.05) is 5.73 Å². The standard InChI is InChI=1S/C14H12N4O5/c15-5-1-3-6(4-2-5)23-12-8(14(21)22)7(13(19)20)9(16)10(17)11(12)18/h1-4,17-18H,15-16H2,(H,19,20)(H,21,22). The van der Waals surface area contributed by atoms with E-state index >= 15 is 0 Å². The van der Waals surface area contributed by atoms with Gasteiger partial charge in [0, 0.05) is 5.69 Å². The third kappa shape index (κ3) is 2.75. The fraction of sp³-hybridized carbons (Fsp3) is 0. The van der Waals surface area contributed by atoms with Crippen LogP contribution in [-0.4, -0.2) is 33.6 Å². The minimum atomic E-state index is -1.63. The number of benzene rings is 1. The van der Waals surface area contributed by atoms with E-state index in [0.29, 0.717) is 5.69 Å². The van der Waals surface area contributed by atoms with Gasteiger partial charge in [-0.3, -0.25) is 10.8 Å². The molecule has 0 fully saturated rings. The Bertz CT molecular complexity index is 805. The zero-order valence-corrected chi connectivity index (χ0v) is 11.6. The van der Waals surface area contributed by atoms with Crippen LogP contribution in [0.4, 0.5) is 5.69 Å². The molecule has 0 unspecified atom stereocenters. The Morgan fingerprint density at radius 1 is 0.913 bits per heavy atom. The van der Waals surface area contributed by atoms with E-state index in [0.717, 1.165) is 0 Å². The molecule has 9 heteroatoms. The first-order valence-electron chi connectivity index (χ1n) is 6.16. The highest BCUT2D eigenvalue weighted by atomic mass is 16.5. The minimum Gasteiger partial charge on any atom is -0.478 e. The lowest BCUT2D eigenvalue weighted by Gasteiger charge is -2.21. The number of ether oxygens (including phenoxy) is 1. The fourth-order valence-electron chi connectivity index (χ4n) is 1.93. The lowest BCUT2D eigenvalue weighted by Crippen LogP contribution is -2.35. The molecular weight excluding hydrogens is 304 g/mol. The highest BCUT2D eigenvalue weighted by Crippen LogP contribution is 2.28. The Morgan fingerprint density at radius 2 is 1.43 bits per heavy atom. The van der Waals surface area contributed by atoms with Crippen molar-refractivity contribution in [2.45, 2.75) is 0 Å². The third-order valence-corrected chi connectivity index (χ3v) is 3.02. The highest BCUT2D eigenvalue weighted by molar-refractivity contribution is 6.53. The molecule has 0 radical (unpaired) electrons. The van der Waals surface area contributed by atoms with E-state index in [2.05, 4.69) is 0 Å². The van der Waals surface area contributed by atoms with Crippen molar-refractivity contribution in [1.82, 2.24) is 0 Å². The molecule has 0 aliphatic heterocycles. The molecule has 0 atom stereocenters. The predicted molar refractivity (Wildman–Crippen MR) is 80.4 cm³/mol. The molecule has 1 aromatic carbocycles. The van der Waals surface area contributed by atoms with Gasteiger partial charge in [0.25, 0.3) is 0 Å². The van der Waals surface area contributed by atoms with Crippen molar-refractivity contribution in [3.8, 4) is 5.75 Å². The number of nitrogen functional groups attached to an aromatic ring is 1. The number of rotatable bonds is 4. The molecule has 0 bridgehead atoms. The summed E-state index contributed by atoms with van der Waals surface area (Å²) in [6, 6.07) is 5.80. The summed E-state index contributed by atoms with van der Waals surface area (Å²) in [5.41, 5.74) is 8.01. The number of nitrogens with two attached hydrogens (primary N) is 2. The molecule has 0 amide bonds. The zero-order chi connectivity index (χ0) is 17.3. The number of carboxylic acids is 2. The van der Waals surface area contributed by atoms with Crippen molar-refractivity contribution in [3.05, 3.63) is 46.9 Å². The third-order valence-electron chi connectivity index (χ3n) is 3.02. The monoisotopic (exact) mass is 316 g/mol. The van der Waals surface area contributed by atoms with Crippen LogP contribution in [0.15, 0.2) is 46.9 Å². The number of allylic oxidation sites excluding steroid dienone is 2. The first kappa shape index (κ1) is 15.8. The summed E-state index contributed by atoms with van der Waals surface area (Å²) in [4.78, 5) is 22.7. The summed E-state index contributed by atoms with van der Waals surface area (Å²) in [6.07, 6.45) is 0. The van der Waals surface area contributed by atoms with Gasteiger partial charge in [-0.1, -0.05) is 0 Å². The average Bonchev–Trinajstić information content (AvgIpc) is 2.48. The van der Waals surface area contributed by atoms with E-state index < -0.39 is 46.0 Å². The van der Waals surface area contributed by atoms with Crippen LogP contribution in [0.1, 0.15) is 0 Å². The molecule has 2 rings (SSSR count). The summed E-state index contributed by atoms with van der Waals surface area (Å²) in [6.45, 7) is 0. The van der Waals surface area contributed by atoms with Crippen molar-refractivity contribution in [3.63, 3.8) is 0 Å². The van der Waals surface area contributed by atoms with Crippen LogP contribution in [0, 0.1) is 10.8 Å². The lowest BCUT2D eigenvalue weighted by molar-refractivity contribution is -0.136. The fourth-order valence-corrected chi connectivity index (χ4v) is 1.93. The molecule has 23 heavy (non-hydrogen) atoms. The Morgan fingerprint density at radius 3 is 1.91 bits per heavy atom. The molecule has 0 saturated heterocycles. The molecule has 1 aliphatic carbocycles. The lowest BCUT2D eigenvalue weighted by atomic mass is 9.90. The van der Waals surface area contributed by atoms with Crippen LogP contribution in [0.25, 0.3) is 0 Å². The van der Waals surface area contributed by atoms with E-state index in [-0.39, 0.29) is 5.75 Å². The number of hydrogen-bond acceptors (Lipinski definition) is 7. The summed E-state index contributed by atoms with van der Waals surface area (Å²) in [5.74, 6) is -3.70. The van der Waals surface area contributed by atoms with Gasteiger partial charge in [0.15, 0.2) is 5.76 Å². The molecule has 0 saturated carbocycles. The van der Waals surface area contributed by atoms with Crippen molar-refractivity contribution in [1.29, 1.82) is 10.8 Å². The van der Waals surface area contributed by atoms with Crippen molar-refractivity contribution < 1.29 is 24.5 Å². The van der Waals surface area contributed by atoms with Crippen LogP contribution < -0.4 is 16.2 Å². The summed E-state index contributed by atoms with van der Waals surface area (Å²) >= 11 is 0. The maximum Gasteiger partial charge on any atom is 0.340 e. The Labute approximate surface area is 129 Å². The van der Waals surface area contributed by atoms with E-state index in [1.807, 2.05) is 0 Å². The number of carboxylic acid groups (broad SMARTS) is 2. The minimum absolute atomic E-state index is 0.135. The molecule has 0 spiro atoms. The van der Waals surface area contributed by atoms with E-state index in [4.69, 9.17) is 27.0 Å². The van der Waals surface area contributed by atoms with Gasteiger partial charge in [0.1, 0.15) is 28.3 Å². The number of carbonyl (C=O) groups is 2. The summed E-state index contributed by atoms with van der Waals surface area (Å²) in [7, 11) is 0. The smallest absolute Gasteiger partial charge is 0.340 e. The van der Waals surface area contributed by atoms with Gasteiger partial charge in [-0.15, -0.1) is 0 Å². The predicted octanol–water partition coefficient (Wildman–Crippen LogP) is 0.337. The van der Waals surface area contributed by atoms with Gasteiger partial charge in [0.2, 0.25) is 0 Å². The average molecular weight is 316 g/mol. The van der Waals surface area contributed by atoms with Gasteiger partial charge >= 0.3 is 11.9 Å². The normalized spacial score (nSPS) is 15.0. The van der Waals surface area contributed by atoms with E-state index in [1.54, 1.807) is 0 Å². The molecular formula is C14H12N4O5. The SMILES string of the molecule is N=C1C(=N)C(Oc2ccc(N)cc2)=C(C(=O)O)C(C(=O)O)=C1N. The largest absolute Gasteiger partial charge is 0.478 e. The molecule has 8 N–H and O–H groups in total. The van der Waals surface area contributed by atoms with Crippen LogP contribution in [-0.2, 0) is 9.59 Å². The number of aliphatic carboxylic acids is 2. The summed E-state index contributed by atoms with van der Waals surface area (Å²) in [5, 5.41) is 34.0. The maximum atomic E-state index is 11.4. The van der Waals surface area contributed by atoms with Gasteiger partial charge in [-0.2, -0.15) is 0 Å². The first-order valence-corrected chi connectivity index (χ1v) is 6.16. The second-order valence-corrected chi connectivity index (χ2v) is 4.52. The molecule has 1 aromatic rings. The number of anilines is 1.